The molecule has 1 rings (SSSR count). The van der Waals surface area contributed by atoms with Crippen LogP contribution in [0.5, 0.6) is 0 Å². The summed E-state index contributed by atoms with van der Waals surface area (Å²) in [6, 6.07) is 0. The highest BCUT2D eigenvalue weighted by atomic mass is 32.2. The lowest BCUT2D eigenvalue weighted by Gasteiger charge is -2.14. The molecule has 0 bridgehead atoms. The second kappa shape index (κ2) is 10.2. The standard InChI is InChI=1S/C14H23N3O5S/c1-15-11(18)4-7-22-8-5-16-12(19)3-6-17-13(20)9-10(23-2)14(17)21/h10H,3-9H2,1-2H3,(H,15,18)(H,16,19). The molecule has 8 nitrogen and oxygen atoms in total. The monoisotopic (exact) mass is 345 g/mol. The van der Waals surface area contributed by atoms with Crippen LogP contribution in [0.25, 0.3) is 0 Å². The van der Waals surface area contributed by atoms with E-state index in [0.29, 0.717) is 19.8 Å². The molecule has 0 aromatic carbocycles. The number of carbonyl (C=O) groups is 4. The van der Waals surface area contributed by atoms with Crippen LogP contribution in [0.2, 0.25) is 0 Å². The zero-order valence-corrected chi connectivity index (χ0v) is 14.2. The van der Waals surface area contributed by atoms with E-state index in [4.69, 9.17) is 4.74 Å². The average molecular weight is 345 g/mol. The van der Waals surface area contributed by atoms with E-state index in [1.54, 1.807) is 13.3 Å². The Morgan fingerprint density at radius 1 is 1.26 bits per heavy atom. The molecule has 23 heavy (non-hydrogen) atoms. The van der Waals surface area contributed by atoms with Gasteiger partial charge in [0, 0.05) is 39.4 Å². The molecule has 2 N–H and O–H groups in total. The lowest BCUT2D eigenvalue weighted by atomic mass is 10.3. The molecule has 1 fully saturated rings. The number of rotatable bonds is 10. The van der Waals surface area contributed by atoms with Crippen molar-refractivity contribution in [3.05, 3.63) is 0 Å². The molecule has 0 radical (unpaired) electrons. The first kappa shape index (κ1) is 19.4. The molecular weight excluding hydrogens is 322 g/mol. The van der Waals surface area contributed by atoms with Gasteiger partial charge in [-0.2, -0.15) is 11.8 Å². The Hall–Kier alpha value is -1.61. The molecule has 1 aliphatic rings. The van der Waals surface area contributed by atoms with E-state index in [1.165, 1.54) is 11.8 Å². The summed E-state index contributed by atoms with van der Waals surface area (Å²) in [6.07, 6.45) is 2.36. The zero-order chi connectivity index (χ0) is 17.2. The Morgan fingerprint density at radius 2 is 2.00 bits per heavy atom. The number of thioether (sulfide) groups is 1. The number of nitrogens with zero attached hydrogens (tertiary/aromatic N) is 1. The van der Waals surface area contributed by atoms with Gasteiger partial charge in [-0.3, -0.25) is 24.1 Å². The van der Waals surface area contributed by atoms with E-state index in [0.717, 1.165) is 4.90 Å². The molecular formula is C14H23N3O5S. The van der Waals surface area contributed by atoms with Gasteiger partial charge in [-0.05, 0) is 6.26 Å². The van der Waals surface area contributed by atoms with E-state index in [1.807, 2.05) is 0 Å². The van der Waals surface area contributed by atoms with Gasteiger partial charge in [-0.1, -0.05) is 0 Å². The quantitative estimate of drug-likeness (QED) is 0.394. The van der Waals surface area contributed by atoms with Gasteiger partial charge < -0.3 is 15.4 Å². The Labute approximate surface area is 139 Å². The van der Waals surface area contributed by atoms with Crippen molar-refractivity contribution in [1.82, 2.24) is 15.5 Å². The van der Waals surface area contributed by atoms with Crippen LogP contribution in [0.15, 0.2) is 0 Å². The fraction of sp³-hybridized carbons (Fsp3) is 0.714. The number of likely N-dealkylation sites (tertiary alicyclic amines) is 1. The molecule has 1 atom stereocenters. The Balaban J connectivity index is 2.12. The highest BCUT2D eigenvalue weighted by Crippen LogP contribution is 2.22. The van der Waals surface area contributed by atoms with Gasteiger partial charge in [-0.15, -0.1) is 0 Å². The van der Waals surface area contributed by atoms with E-state index in [-0.39, 0.29) is 54.7 Å². The summed E-state index contributed by atoms with van der Waals surface area (Å²) < 4.78 is 5.20. The van der Waals surface area contributed by atoms with Crippen LogP contribution in [-0.4, -0.2) is 73.4 Å². The van der Waals surface area contributed by atoms with Gasteiger partial charge >= 0.3 is 0 Å². The summed E-state index contributed by atoms with van der Waals surface area (Å²) in [5, 5.41) is 4.81. The Bertz CT molecular complexity index is 458. The predicted octanol–water partition coefficient (Wildman–Crippen LogP) is -0.864. The average Bonchev–Trinajstić information content (AvgIpc) is 2.82. The molecule has 0 aromatic rings. The first-order valence-electron chi connectivity index (χ1n) is 7.41. The van der Waals surface area contributed by atoms with Crippen molar-refractivity contribution in [2.24, 2.45) is 0 Å². The molecule has 9 heteroatoms. The Kier molecular flexibility index (Phi) is 8.64. The highest BCUT2D eigenvalue weighted by molar-refractivity contribution is 8.00. The van der Waals surface area contributed by atoms with Crippen LogP contribution in [0.3, 0.4) is 0 Å². The fourth-order valence-electron chi connectivity index (χ4n) is 2.03. The number of hydrogen-bond donors (Lipinski definition) is 2. The lowest BCUT2D eigenvalue weighted by molar-refractivity contribution is -0.138. The Morgan fingerprint density at radius 3 is 2.61 bits per heavy atom. The maximum Gasteiger partial charge on any atom is 0.242 e. The van der Waals surface area contributed by atoms with Crippen LogP contribution in [0, 0.1) is 0 Å². The molecule has 1 aliphatic heterocycles. The summed E-state index contributed by atoms with van der Waals surface area (Å²) >= 11 is 1.35. The minimum Gasteiger partial charge on any atom is -0.379 e. The van der Waals surface area contributed by atoms with Crippen LogP contribution in [-0.2, 0) is 23.9 Å². The van der Waals surface area contributed by atoms with Crippen LogP contribution in [0.1, 0.15) is 19.3 Å². The molecule has 130 valence electrons. The van der Waals surface area contributed by atoms with Crippen molar-refractivity contribution in [3.8, 4) is 0 Å². The van der Waals surface area contributed by atoms with Gasteiger partial charge in [0.05, 0.1) is 18.5 Å². The second-order valence-electron chi connectivity index (χ2n) is 4.95. The summed E-state index contributed by atoms with van der Waals surface area (Å²) in [6.45, 7) is 1.03. The van der Waals surface area contributed by atoms with E-state index < -0.39 is 0 Å². The zero-order valence-electron chi connectivity index (χ0n) is 13.4. The van der Waals surface area contributed by atoms with Crippen LogP contribution < -0.4 is 10.6 Å². The molecule has 1 saturated heterocycles. The molecule has 0 saturated carbocycles. The predicted molar refractivity (Wildman–Crippen MR) is 85.8 cm³/mol. The molecule has 1 heterocycles. The van der Waals surface area contributed by atoms with Crippen molar-refractivity contribution in [1.29, 1.82) is 0 Å². The molecule has 0 spiro atoms. The van der Waals surface area contributed by atoms with E-state index >= 15 is 0 Å². The van der Waals surface area contributed by atoms with Crippen molar-refractivity contribution >= 4 is 35.4 Å². The number of hydrogen-bond acceptors (Lipinski definition) is 6. The van der Waals surface area contributed by atoms with Gasteiger partial charge in [0.2, 0.25) is 23.6 Å². The first-order chi connectivity index (χ1) is 11.0. The SMILES string of the molecule is CNC(=O)CCOCCNC(=O)CCN1C(=O)CC(SC)C1=O. The van der Waals surface area contributed by atoms with Gasteiger partial charge in [-0.25, -0.2) is 0 Å². The summed E-state index contributed by atoms with van der Waals surface area (Å²) in [5.74, 6) is -0.779. The van der Waals surface area contributed by atoms with Gasteiger partial charge in [0.1, 0.15) is 0 Å². The topological polar surface area (TPSA) is 105 Å². The number of ether oxygens (including phenoxy) is 1. The number of nitrogens with one attached hydrogen (secondary N) is 2. The van der Waals surface area contributed by atoms with Crippen LogP contribution >= 0.6 is 11.8 Å². The van der Waals surface area contributed by atoms with Crippen LogP contribution in [0.4, 0.5) is 0 Å². The smallest absolute Gasteiger partial charge is 0.242 e. The number of imide groups is 1. The molecule has 4 amide bonds. The van der Waals surface area contributed by atoms with Crippen molar-refractivity contribution in [2.45, 2.75) is 24.5 Å². The molecule has 0 aliphatic carbocycles. The van der Waals surface area contributed by atoms with Crippen molar-refractivity contribution in [3.63, 3.8) is 0 Å². The first-order valence-corrected chi connectivity index (χ1v) is 8.70. The third-order valence-corrected chi connectivity index (χ3v) is 4.31. The summed E-state index contributed by atoms with van der Waals surface area (Å²) in [4.78, 5) is 47.3. The largest absolute Gasteiger partial charge is 0.379 e. The number of amides is 4. The van der Waals surface area contributed by atoms with E-state index in [9.17, 15) is 19.2 Å². The van der Waals surface area contributed by atoms with E-state index in [2.05, 4.69) is 10.6 Å². The lowest BCUT2D eigenvalue weighted by Crippen LogP contribution is -2.36. The van der Waals surface area contributed by atoms with Gasteiger partial charge in [0.25, 0.3) is 0 Å². The fourth-order valence-corrected chi connectivity index (χ4v) is 2.67. The third kappa shape index (κ3) is 6.57. The maximum absolute atomic E-state index is 11.9. The minimum absolute atomic E-state index is 0.0802. The number of carbonyl (C=O) groups excluding carboxylic acids is 4. The summed E-state index contributed by atoms with van der Waals surface area (Å²) in [5.41, 5.74) is 0. The normalized spacial score (nSPS) is 17.5. The maximum atomic E-state index is 11.9. The summed E-state index contributed by atoms with van der Waals surface area (Å²) in [7, 11) is 1.56. The van der Waals surface area contributed by atoms with Crippen molar-refractivity contribution < 1.29 is 23.9 Å². The van der Waals surface area contributed by atoms with Crippen molar-refractivity contribution in [2.75, 3.05) is 39.6 Å². The minimum atomic E-state index is -0.320. The third-order valence-electron chi connectivity index (χ3n) is 3.37. The molecule has 1 unspecified atom stereocenters. The second-order valence-corrected chi connectivity index (χ2v) is 5.99. The molecule has 0 aromatic heterocycles. The van der Waals surface area contributed by atoms with Gasteiger partial charge in [0.15, 0.2) is 0 Å². The highest BCUT2D eigenvalue weighted by Gasteiger charge is 2.37.